The number of nitrogens with zero attached hydrogens (tertiary/aromatic N) is 3. The predicted molar refractivity (Wildman–Crippen MR) is 63.3 cm³/mol. The third-order valence-electron chi connectivity index (χ3n) is 2.02. The quantitative estimate of drug-likeness (QED) is 0.796. The van der Waals surface area contributed by atoms with Crippen molar-refractivity contribution in [2.75, 3.05) is 24.0 Å². The fourth-order valence-electron chi connectivity index (χ4n) is 1.08. The molecular weight excluding hydrogens is 218 g/mol. The molecule has 0 bridgehead atoms. The highest BCUT2D eigenvalue weighted by Gasteiger charge is 2.10. The maximum absolute atomic E-state index is 5.77. The van der Waals surface area contributed by atoms with Crippen LogP contribution in [0.5, 0.6) is 0 Å². The molecule has 0 amide bonds. The Hall–Kier alpha value is -0.480. The summed E-state index contributed by atoms with van der Waals surface area (Å²) < 4.78 is 0. The number of hydrogen-bond donors (Lipinski definition) is 0. The molecule has 78 valence electrons. The summed E-state index contributed by atoms with van der Waals surface area (Å²) >= 11 is 7.58. The maximum atomic E-state index is 5.77. The van der Waals surface area contributed by atoms with Crippen molar-refractivity contribution in [2.24, 2.45) is 0 Å². The Bertz CT molecular complexity index is 295. The van der Waals surface area contributed by atoms with Crippen molar-refractivity contribution < 1.29 is 0 Å². The van der Waals surface area contributed by atoms with Gasteiger partial charge in [-0.2, -0.15) is 11.8 Å². The van der Waals surface area contributed by atoms with E-state index in [2.05, 4.69) is 28.0 Å². The van der Waals surface area contributed by atoms with E-state index in [0.29, 0.717) is 11.2 Å². The second-order valence-corrected chi connectivity index (χ2v) is 4.41. The van der Waals surface area contributed by atoms with Crippen LogP contribution >= 0.6 is 23.4 Å². The van der Waals surface area contributed by atoms with Crippen molar-refractivity contribution in [1.82, 2.24) is 9.97 Å². The number of hydrogen-bond acceptors (Lipinski definition) is 4. The summed E-state index contributed by atoms with van der Waals surface area (Å²) in [7, 11) is 2.00. The summed E-state index contributed by atoms with van der Waals surface area (Å²) in [4.78, 5) is 10.3. The molecule has 1 aromatic rings. The van der Waals surface area contributed by atoms with Crippen molar-refractivity contribution in [3.63, 3.8) is 0 Å². The monoisotopic (exact) mass is 231 g/mol. The molecule has 0 radical (unpaired) electrons. The number of rotatable bonds is 4. The minimum Gasteiger partial charge on any atom is -0.355 e. The molecule has 0 aliphatic carbocycles. The Labute approximate surface area is 93.9 Å². The fourth-order valence-corrected chi connectivity index (χ4v) is 1.93. The first-order chi connectivity index (χ1) is 6.65. The van der Waals surface area contributed by atoms with E-state index in [9.17, 15) is 0 Å². The van der Waals surface area contributed by atoms with Crippen LogP contribution in [0, 0.1) is 0 Å². The molecule has 1 aromatic heterocycles. The lowest BCUT2D eigenvalue weighted by Crippen LogP contribution is -2.31. The Morgan fingerprint density at radius 2 is 2.29 bits per heavy atom. The van der Waals surface area contributed by atoms with Gasteiger partial charge in [-0.3, -0.25) is 4.98 Å². The molecule has 0 aromatic carbocycles. The van der Waals surface area contributed by atoms with Gasteiger partial charge >= 0.3 is 0 Å². The summed E-state index contributed by atoms with van der Waals surface area (Å²) in [6.45, 7) is 2.15. The van der Waals surface area contributed by atoms with Crippen LogP contribution in [-0.2, 0) is 0 Å². The van der Waals surface area contributed by atoms with Gasteiger partial charge in [-0.05, 0) is 13.2 Å². The van der Waals surface area contributed by atoms with Crippen molar-refractivity contribution in [3.8, 4) is 0 Å². The number of anilines is 1. The molecule has 14 heavy (non-hydrogen) atoms. The van der Waals surface area contributed by atoms with Crippen molar-refractivity contribution in [1.29, 1.82) is 0 Å². The molecule has 0 fully saturated rings. The van der Waals surface area contributed by atoms with E-state index in [0.717, 1.165) is 11.6 Å². The summed E-state index contributed by atoms with van der Waals surface area (Å²) in [5.41, 5.74) is 0. The third kappa shape index (κ3) is 3.03. The minimum atomic E-state index is 0.428. The average molecular weight is 232 g/mol. The van der Waals surface area contributed by atoms with Gasteiger partial charge in [-0.25, -0.2) is 4.98 Å². The Morgan fingerprint density at radius 3 is 2.86 bits per heavy atom. The highest BCUT2D eigenvalue weighted by atomic mass is 35.5. The van der Waals surface area contributed by atoms with E-state index in [1.807, 2.05) is 18.8 Å². The van der Waals surface area contributed by atoms with Crippen LogP contribution in [0.3, 0.4) is 0 Å². The standard InChI is InChI=1S/C9H14ClN3S/c1-7(6-14-3)13(2)9-5-11-4-8(10)12-9/h4-5,7H,6H2,1-3H3. The van der Waals surface area contributed by atoms with Crippen LogP contribution in [0.25, 0.3) is 0 Å². The number of aromatic nitrogens is 2. The van der Waals surface area contributed by atoms with Gasteiger partial charge in [0.2, 0.25) is 0 Å². The van der Waals surface area contributed by atoms with E-state index < -0.39 is 0 Å². The molecule has 1 unspecified atom stereocenters. The van der Waals surface area contributed by atoms with Crippen molar-refractivity contribution in [3.05, 3.63) is 17.5 Å². The zero-order chi connectivity index (χ0) is 10.6. The molecular formula is C9H14ClN3S. The molecule has 1 heterocycles. The first kappa shape index (κ1) is 11.6. The molecule has 0 aliphatic rings. The molecule has 1 atom stereocenters. The second-order valence-electron chi connectivity index (χ2n) is 3.12. The van der Waals surface area contributed by atoms with Crippen LogP contribution in [0.2, 0.25) is 5.15 Å². The normalized spacial score (nSPS) is 12.6. The average Bonchev–Trinajstić information content (AvgIpc) is 2.17. The Morgan fingerprint density at radius 1 is 1.57 bits per heavy atom. The number of thioether (sulfide) groups is 1. The van der Waals surface area contributed by atoms with E-state index >= 15 is 0 Å². The van der Waals surface area contributed by atoms with Gasteiger partial charge in [0, 0.05) is 18.8 Å². The molecule has 0 spiro atoms. The Kier molecular flexibility index (Phi) is 4.48. The van der Waals surface area contributed by atoms with E-state index in [1.54, 1.807) is 6.20 Å². The molecule has 0 saturated carbocycles. The summed E-state index contributed by atoms with van der Waals surface area (Å²) in [5.74, 6) is 1.88. The van der Waals surface area contributed by atoms with E-state index in [-0.39, 0.29) is 0 Å². The lowest BCUT2D eigenvalue weighted by Gasteiger charge is -2.24. The second kappa shape index (κ2) is 5.41. The lowest BCUT2D eigenvalue weighted by molar-refractivity contribution is 0.751. The zero-order valence-corrected chi connectivity index (χ0v) is 10.1. The van der Waals surface area contributed by atoms with Gasteiger partial charge in [0.05, 0.1) is 12.4 Å². The smallest absolute Gasteiger partial charge is 0.149 e. The van der Waals surface area contributed by atoms with E-state index in [1.165, 1.54) is 6.20 Å². The maximum Gasteiger partial charge on any atom is 0.149 e. The van der Waals surface area contributed by atoms with Gasteiger partial charge in [-0.15, -0.1) is 0 Å². The highest BCUT2D eigenvalue weighted by molar-refractivity contribution is 7.98. The van der Waals surface area contributed by atoms with E-state index in [4.69, 9.17) is 11.6 Å². The van der Waals surface area contributed by atoms with Gasteiger partial charge in [0.25, 0.3) is 0 Å². The summed E-state index contributed by atoms with van der Waals surface area (Å²) in [5, 5.41) is 0.436. The topological polar surface area (TPSA) is 29.0 Å². The lowest BCUT2D eigenvalue weighted by atomic mass is 10.3. The minimum absolute atomic E-state index is 0.428. The van der Waals surface area contributed by atoms with Crippen LogP contribution in [0.15, 0.2) is 12.4 Å². The predicted octanol–water partition coefficient (Wildman–Crippen LogP) is 2.32. The van der Waals surface area contributed by atoms with Crippen LogP contribution in [0.1, 0.15) is 6.92 Å². The summed E-state index contributed by atoms with van der Waals surface area (Å²) in [6.07, 6.45) is 5.36. The van der Waals surface area contributed by atoms with Crippen molar-refractivity contribution >= 4 is 29.2 Å². The van der Waals surface area contributed by atoms with Crippen LogP contribution in [0.4, 0.5) is 5.82 Å². The molecule has 5 heteroatoms. The van der Waals surface area contributed by atoms with Gasteiger partial charge in [-0.1, -0.05) is 11.6 Å². The fraction of sp³-hybridized carbons (Fsp3) is 0.556. The molecule has 1 rings (SSSR count). The largest absolute Gasteiger partial charge is 0.355 e. The number of halogens is 1. The first-order valence-electron chi connectivity index (χ1n) is 4.34. The van der Waals surface area contributed by atoms with Gasteiger partial charge in [0.15, 0.2) is 0 Å². The summed E-state index contributed by atoms with van der Waals surface area (Å²) in [6, 6.07) is 0.428. The van der Waals surface area contributed by atoms with Crippen LogP contribution < -0.4 is 4.90 Å². The van der Waals surface area contributed by atoms with Gasteiger partial charge in [0.1, 0.15) is 11.0 Å². The highest BCUT2D eigenvalue weighted by Crippen LogP contribution is 2.15. The first-order valence-corrected chi connectivity index (χ1v) is 6.11. The van der Waals surface area contributed by atoms with Crippen molar-refractivity contribution in [2.45, 2.75) is 13.0 Å². The van der Waals surface area contributed by atoms with Gasteiger partial charge < -0.3 is 4.90 Å². The van der Waals surface area contributed by atoms with Crippen LogP contribution in [-0.4, -0.2) is 35.1 Å². The SMILES string of the molecule is CSCC(C)N(C)c1cncc(Cl)n1. The molecule has 0 saturated heterocycles. The molecule has 3 nitrogen and oxygen atoms in total. The zero-order valence-electron chi connectivity index (χ0n) is 8.57. The third-order valence-corrected chi connectivity index (χ3v) is 3.02. The molecule has 0 N–H and O–H groups in total. The molecule has 0 aliphatic heterocycles. The Balaban J connectivity index is 2.73.